The van der Waals surface area contributed by atoms with Crippen molar-refractivity contribution in [2.24, 2.45) is 5.92 Å². The van der Waals surface area contributed by atoms with Gasteiger partial charge >= 0.3 is 6.18 Å². The number of hydrogen-bond acceptors (Lipinski definition) is 3. The standard InChI is InChI=1S/C9H16F3NO2/c1-6-2-4-13(5-3-6)8(15)7(14)9(10,11)12/h6-8,14-15H,2-5H2,1H3. The molecule has 90 valence electrons. The molecule has 0 bridgehead atoms. The zero-order valence-electron chi connectivity index (χ0n) is 8.54. The van der Waals surface area contributed by atoms with Crippen LogP contribution in [0.5, 0.6) is 0 Å². The van der Waals surface area contributed by atoms with E-state index in [-0.39, 0.29) is 0 Å². The molecule has 0 radical (unpaired) electrons. The summed E-state index contributed by atoms with van der Waals surface area (Å²) < 4.78 is 36.3. The Morgan fingerprint density at radius 3 is 2.07 bits per heavy atom. The number of nitrogens with zero attached hydrogens (tertiary/aromatic N) is 1. The Kier molecular flexibility index (Phi) is 3.97. The van der Waals surface area contributed by atoms with Gasteiger partial charge in [0.1, 0.15) is 6.23 Å². The molecule has 0 aliphatic carbocycles. The van der Waals surface area contributed by atoms with E-state index in [4.69, 9.17) is 5.11 Å². The number of aliphatic hydroxyl groups is 2. The fraction of sp³-hybridized carbons (Fsp3) is 1.00. The van der Waals surface area contributed by atoms with Crippen molar-refractivity contribution in [2.75, 3.05) is 13.1 Å². The normalized spacial score (nSPS) is 25.2. The molecule has 6 heteroatoms. The maximum atomic E-state index is 12.1. The number of hydrogen-bond donors (Lipinski definition) is 2. The van der Waals surface area contributed by atoms with Crippen LogP contribution in [-0.4, -0.2) is 46.7 Å². The predicted octanol–water partition coefficient (Wildman–Crippen LogP) is 0.960. The van der Waals surface area contributed by atoms with Crippen LogP contribution in [0.3, 0.4) is 0 Å². The van der Waals surface area contributed by atoms with Gasteiger partial charge in [0, 0.05) is 13.1 Å². The molecule has 15 heavy (non-hydrogen) atoms. The van der Waals surface area contributed by atoms with Crippen LogP contribution in [0.4, 0.5) is 13.2 Å². The molecule has 1 aliphatic heterocycles. The summed E-state index contributed by atoms with van der Waals surface area (Å²) in [6.45, 7) is 2.81. The molecule has 0 aromatic carbocycles. The lowest BCUT2D eigenvalue weighted by Gasteiger charge is -2.36. The van der Waals surface area contributed by atoms with Gasteiger partial charge in [-0.1, -0.05) is 6.92 Å². The van der Waals surface area contributed by atoms with Crippen LogP contribution in [-0.2, 0) is 0 Å². The Bertz CT molecular complexity index is 202. The fourth-order valence-corrected chi connectivity index (χ4v) is 1.66. The van der Waals surface area contributed by atoms with Crippen LogP contribution in [0.1, 0.15) is 19.8 Å². The highest BCUT2D eigenvalue weighted by atomic mass is 19.4. The molecule has 0 spiro atoms. The summed E-state index contributed by atoms with van der Waals surface area (Å²) in [5, 5.41) is 18.2. The topological polar surface area (TPSA) is 43.7 Å². The Morgan fingerprint density at radius 2 is 1.67 bits per heavy atom. The molecule has 1 aliphatic rings. The number of piperidine rings is 1. The van der Waals surface area contributed by atoms with Crippen LogP contribution in [0.2, 0.25) is 0 Å². The maximum Gasteiger partial charge on any atom is 0.418 e. The minimum atomic E-state index is -4.76. The maximum absolute atomic E-state index is 12.1. The molecule has 2 unspecified atom stereocenters. The summed E-state index contributed by atoms with van der Waals surface area (Å²) in [7, 11) is 0. The van der Waals surface area contributed by atoms with Crippen molar-refractivity contribution in [1.29, 1.82) is 0 Å². The van der Waals surface area contributed by atoms with Gasteiger partial charge in [0.2, 0.25) is 0 Å². The van der Waals surface area contributed by atoms with Gasteiger partial charge < -0.3 is 10.2 Å². The summed E-state index contributed by atoms with van der Waals surface area (Å²) in [4.78, 5) is 1.28. The van der Waals surface area contributed by atoms with Gasteiger partial charge in [0.25, 0.3) is 0 Å². The summed E-state index contributed by atoms with van der Waals surface area (Å²) in [5.41, 5.74) is 0. The molecule has 1 fully saturated rings. The minimum Gasteiger partial charge on any atom is -0.380 e. The second kappa shape index (κ2) is 4.67. The largest absolute Gasteiger partial charge is 0.418 e. The molecule has 0 aromatic heterocycles. The lowest BCUT2D eigenvalue weighted by atomic mass is 9.98. The molecule has 0 aromatic rings. The first-order valence-corrected chi connectivity index (χ1v) is 4.99. The first-order valence-electron chi connectivity index (χ1n) is 4.99. The van der Waals surface area contributed by atoms with Gasteiger partial charge in [0.05, 0.1) is 0 Å². The summed E-state index contributed by atoms with van der Waals surface area (Å²) >= 11 is 0. The summed E-state index contributed by atoms with van der Waals surface area (Å²) in [6.07, 6.45) is -7.77. The molecular formula is C9H16F3NO2. The van der Waals surface area contributed by atoms with E-state index in [0.29, 0.717) is 19.0 Å². The molecule has 0 saturated carbocycles. The highest BCUT2D eigenvalue weighted by Crippen LogP contribution is 2.26. The van der Waals surface area contributed by atoms with E-state index in [0.717, 1.165) is 12.8 Å². The van der Waals surface area contributed by atoms with Gasteiger partial charge in [-0.25, -0.2) is 0 Å². The molecular weight excluding hydrogens is 211 g/mol. The molecule has 3 nitrogen and oxygen atoms in total. The first-order chi connectivity index (χ1) is 6.82. The van der Waals surface area contributed by atoms with Gasteiger partial charge in [-0.3, -0.25) is 4.90 Å². The van der Waals surface area contributed by atoms with Crippen molar-refractivity contribution in [2.45, 2.75) is 38.3 Å². The molecule has 0 amide bonds. The van der Waals surface area contributed by atoms with Gasteiger partial charge in [-0.15, -0.1) is 0 Å². The van der Waals surface area contributed by atoms with Gasteiger partial charge in [0.15, 0.2) is 6.10 Å². The van der Waals surface area contributed by atoms with E-state index in [1.807, 2.05) is 6.92 Å². The Morgan fingerprint density at radius 1 is 1.20 bits per heavy atom. The number of likely N-dealkylation sites (tertiary alicyclic amines) is 1. The third-order valence-corrected chi connectivity index (χ3v) is 2.81. The highest BCUT2D eigenvalue weighted by molar-refractivity contribution is 4.79. The van der Waals surface area contributed by atoms with Crippen molar-refractivity contribution in [3.8, 4) is 0 Å². The van der Waals surface area contributed by atoms with Crippen molar-refractivity contribution in [3.05, 3.63) is 0 Å². The number of halogens is 3. The average Bonchev–Trinajstić information content (AvgIpc) is 2.15. The fourth-order valence-electron chi connectivity index (χ4n) is 1.66. The van der Waals surface area contributed by atoms with Crippen LogP contribution in [0, 0.1) is 5.92 Å². The van der Waals surface area contributed by atoms with E-state index in [9.17, 15) is 18.3 Å². The second-order valence-electron chi connectivity index (χ2n) is 4.12. The molecule has 1 saturated heterocycles. The Hall–Kier alpha value is -0.330. The van der Waals surface area contributed by atoms with E-state index >= 15 is 0 Å². The summed E-state index contributed by atoms with van der Waals surface area (Å²) in [6, 6.07) is 0. The Balaban J connectivity index is 2.50. The molecule has 1 rings (SSSR count). The second-order valence-corrected chi connectivity index (χ2v) is 4.12. The number of aliphatic hydroxyl groups excluding tert-OH is 2. The third kappa shape index (κ3) is 3.32. The minimum absolute atomic E-state index is 0.398. The van der Waals surface area contributed by atoms with E-state index < -0.39 is 18.5 Å². The zero-order chi connectivity index (χ0) is 11.6. The average molecular weight is 227 g/mol. The van der Waals surface area contributed by atoms with E-state index in [2.05, 4.69) is 0 Å². The highest BCUT2D eigenvalue weighted by Gasteiger charge is 2.45. The first kappa shape index (κ1) is 12.7. The van der Waals surface area contributed by atoms with Crippen molar-refractivity contribution in [3.63, 3.8) is 0 Å². The van der Waals surface area contributed by atoms with Crippen molar-refractivity contribution < 1.29 is 23.4 Å². The Labute approximate surface area is 86.5 Å². The zero-order valence-corrected chi connectivity index (χ0v) is 8.54. The van der Waals surface area contributed by atoms with Gasteiger partial charge in [-0.2, -0.15) is 13.2 Å². The smallest absolute Gasteiger partial charge is 0.380 e. The lowest BCUT2D eigenvalue weighted by molar-refractivity contribution is -0.253. The van der Waals surface area contributed by atoms with Crippen molar-refractivity contribution in [1.82, 2.24) is 4.90 Å². The predicted molar refractivity (Wildman–Crippen MR) is 48.0 cm³/mol. The molecule has 2 N–H and O–H groups in total. The number of rotatable bonds is 2. The monoisotopic (exact) mass is 227 g/mol. The summed E-state index contributed by atoms with van der Waals surface area (Å²) in [5.74, 6) is 0.469. The van der Waals surface area contributed by atoms with Crippen molar-refractivity contribution >= 4 is 0 Å². The van der Waals surface area contributed by atoms with Crippen LogP contribution in [0.15, 0.2) is 0 Å². The molecule has 1 heterocycles. The lowest BCUT2D eigenvalue weighted by Crippen LogP contribution is -2.52. The van der Waals surface area contributed by atoms with Crippen LogP contribution < -0.4 is 0 Å². The van der Waals surface area contributed by atoms with E-state index in [1.165, 1.54) is 4.90 Å². The quantitative estimate of drug-likeness (QED) is 0.738. The van der Waals surface area contributed by atoms with E-state index in [1.54, 1.807) is 0 Å². The van der Waals surface area contributed by atoms with Crippen LogP contribution in [0.25, 0.3) is 0 Å². The SMILES string of the molecule is CC1CCN(C(O)C(O)C(F)(F)F)CC1. The molecule has 2 atom stereocenters. The van der Waals surface area contributed by atoms with Crippen LogP contribution >= 0.6 is 0 Å². The number of alkyl halides is 3. The third-order valence-electron chi connectivity index (χ3n) is 2.81. The van der Waals surface area contributed by atoms with Gasteiger partial charge in [-0.05, 0) is 18.8 Å².